The molecule has 18 heavy (non-hydrogen) atoms. The Kier molecular flexibility index (Phi) is 5.39. The van der Waals surface area contributed by atoms with Crippen molar-refractivity contribution in [3.63, 3.8) is 0 Å². The van der Waals surface area contributed by atoms with Gasteiger partial charge in [0.1, 0.15) is 0 Å². The van der Waals surface area contributed by atoms with E-state index in [1.165, 1.54) is 25.7 Å². The van der Waals surface area contributed by atoms with Crippen LogP contribution in [0.15, 0.2) is 33.6 Å². The van der Waals surface area contributed by atoms with Crippen molar-refractivity contribution in [3.8, 4) is 0 Å². The van der Waals surface area contributed by atoms with Gasteiger partial charge in [0.15, 0.2) is 0 Å². The van der Waals surface area contributed by atoms with Gasteiger partial charge in [0.25, 0.3) is 0 Å². The maximum atomic E-state index is 12.4. The summed E-state index contributed by atoms with van der Waals surface area (Å²) in [7, 11) is 1.08. The summed E-state index contributed by atoms with van der Waals surface area (Å²) in [6.07, 6.45) is 5.21. The van der Waals surface area contributed by atoms with Crippen LogP contribution in [0.2, 0.25) is 0 Å². The first-order valence-corrected chi connectivity index (χ1v) is 8.63. The van der Waals surface area contributed by atoms with E-state index in [9.17, 15) is 4.21 Å². The minimum atomic E-state index is -0.912. The zero-order chi connectivity index (χ0) is 13.0. The fourth-order valence-electron chi connectivity index (χ4n) is 2.68. The van der Waals surface area contributed by atoms with Crippen molar-refractivity contribution >= 4 is 26.7 Å². The van der Waals surface area contributed by atoms with Crippen LogP contribution < -0.4 is 5.32 Å². The second kappa shape index (κ2) is 6.83. The molecule has 1 N–H and O–H groups in total. The largest absolute Gasteiger partial charge is 0.316 e. The molecule has 0 spiro atoms. The standard InChI is InChI=1S/C14H20BrNOS/c1-16-14(11-5-2-3-6-11)10-18(17)13-8-4-7-12(15)9-13/h4,7-9,11,14,16H,2-3,5-6,10H2,1H3. The highest BCUT2D eigenvalue weighted by Gasteiger charge is 2.25. The Hall–Kier alpha value is -0.190. The first-order chi connectivity index (χ1) is 8.70. The van der Waals surface area contributed by atoms with Gasteiger partial charge >= 0.3 is 0 Å². The van der Waals surface area contributed by atoms with Gasteiger partial charge in [0.2, 0.25) is 0 Å². The summed E-state index contributed by atoms with van der Waals surface area (Å²) in [4.78, 5) is 0.919. The fraction of sp³-hybridized carbons (Fsp3) is 0.571. The SMILES string of the molecule is CNC(CS(=O)c1cccc(Br)c1)C1CCCC1. The van der Waals surface area contributed by atoms with Crippen LogP contribution in [-0.4, -0.2) is 23.1 Å². The van der Waals surface area contributed by atoms with E-state index in [2.05, 4.69) is 21.2 Å². The molecule has 4 heteroatoms. The molecule has 1 aliphatic rings. The molecule has 1 aliphatic carbocycles. The van der Waals surface area contributed by atoms with Crippen LogP contribution in [0.4, 0.5) is 0 Å². The predicted molar refractivity (Wildman–Crippen MR) is 80.2 cm³/mol. The summed E-state index contributed by atoms with van der Waals surface area (Å²) in [5.41, 5.74) is 0. The summed E-state index contributed by atoms with van der Waals surface area (Å²) in [5, 5.41) is 3.35. The Morgan fingerprint density at radius 3 is 2.78 bits per heavy atom. The zero-order valence-corrected chi connectivity index (χ0v) is 13.1. The Morgan fingerprint density at radius 1 is 1.44 bits per heavy atom. The van der Waals surface area contributed by atoms with Gasteiger partial charge in [-0.3, -0.25) is 4.21 Å². The lowest BCUT2D eigenvalue weighted by Crippen LogP contribution is -2.37. The topological polar surface area (TPSA) is 29.1 Å². The summed E-state index contributed by atoms with van der Waals surface area (Å²) in [5.74, 6) is 1.42. The molecule has 0 saturated heterocycles. The molecule has 100 valence electrons. The van der Waals surface area contributed by atoms with Gasteiger partial charge in [-0.1, -0.05) is 34.8 Å². The third kappa shape index (κ3) is 3.65. The van der Waals surface area contributed by atoms with Crippen LogP contribution in [-0.2, 0) is 10.8 Å². The molecule has 0 bridgehead atoms. The number of nitrogens with one attached hydrogen (secondary N) is 1. The van der Waals surface area contributed by atoms with E-state index in [1.54, 1.807) is 0 Å². The highest BCUT2D eigenvalue weighted by atomic mass is 79.9. The molecule has 0 amide bonds. The maximum absolute atomic E-state index is 12.4. The van der Waals surface area contributed by atoms with Crippen LogP contribution in [0.3, 0.4) is 0 Å². The number of benzene rings is 1. The second-order valence-electron chi connectivity index (χ2n) is 4.91. The van der Waals surface area contributed by atoms with Crippen molar-refractivity contribution in [1.82, 2.24) is 5.32 Å². The Labute approximate surface area is 120 Å². The third-order valence-corrected chi connectivity index (χ3v) is 5.66. The van der Waals surface area contributed by atoms with Gasteiger partial charge in [-0.2, -0.15) is 0 Å². The highest BCUT2D eigenvalue weighted by Crippen LogP contribution is 2.28. The van der Waals surface area contributed by atoms with Crippen LogP contribution in [0, 0.1) is 5.92 Å². The third-order valence-electron chi connectivity index (χ3n) is 3.73. The van der Waals surface area contributed by atoms with Crippen molar-refractivity contribution < 1.29 is 4.21 Å². The molecule has 2 atom stereocenters. The molecule has 2 unspecified atom stereocenters. The average molecular weight is 330 g/mol. The van der Waals surface area contributed by atoms with Gasteiger partial charge in [0, 0.05) is 21.2 Å². The molecule has 1 fully saturated rings. The number of rotatable bonds is 5. The number of hydrogen-bond donors (Lipinski definition) is 1. The molecule has 1 aromatic carbocycles. The Bertz CT molecular complexity index is 418. The van der Waals surface area contributed by atoms with E-state index in [4.69, 9.17) is 0 Å². The van der Waals surface area contributed by atoms with Crippen molar-refractivity contribution in [2.24, 2.45) is 5.92 Å². The molecule has 1 aromatic rings. The van der Waals surface area contributed by atoms with Crippen molar-refractivity contribution in [3.05, 3.63) is 28.7 Å². The molecule has 2 nitrogen and oxygen atoms in total. The minimum Gasteiger partial charge on any atom is -0.316 e. The molecule has 0 aliphatic heterocycles. The van der Waals surface area contributed by atoms with Gasteiger partial charge in [-0.05, 0) is 44.0 Å². The highest BCUT2D eigenvalue weighted by molar-refractivity contribution is 9.10. The van der Waals surface area contributed by atoms with Crippen molar-refractivity contribution in [2.45, 2.75) is 36.6 Å². The van der Waals surface area contributed by atoms with E-state index >= 15 is 0 Å². The zero-order valence-electron chi connectivity index (χ0n) is 10.7. The van der Waals surface area contributed by atoms with Gasteiger partial charge in [-0.15, -0.1) is 0 Å². The van der Waals surface area contributed by atoms with Gasteiger partial charge in [-0.25, -0.2) is 0 Å². The van der Waals surface area contributed by atoms with E-state index in [1.807, 2.05) is 31.3 Å². The smallest absolute Gasteiger partial charge is 0.0545 e. The van der Waals surface area contributed by atoms with Crippen molar-refractivity contribution in [1.29, 1.82) is 0 Å². The second-order valence-corrected chi connectivity index (χ2v) is 7.32. The molecule has 2 rings (SSSR count). The molecular weight excluding hydrogens is 310 g/mol. The quantitative estimate of drug-likeness (QED) is 0.897. The monoisotopic (exact) mass is 329 g/mol. The summed E-state index contributed by atoms with van der Waals surface area (Å²) in [6.45, 7) is 0. The van der Waals surface area contributed by atoms with Crippen LogP contribution in [0.25, 0.3) is 0 Å². The van der Waals surface area contributed by atoms with Gasteiger partial charge in [0.05, 0.1) is 10.8 Å². The average Bonchev–Trinajstić information content (AvgIpc) is 2.89. The van der Waals surface area contributed by atoms with E-state index < -0.39 is 10.8 Å². The van der Waals surface area contributed by atoms with E-state index in [0.29, 0.717) is 12.0 Å². The lowest BCUT2D eigenvalue weighted by Gasteiger charge is -2.22. The summed E-state index contributed by atoms with van der Waals surface area (Å²) >= 11 is 3.43. The molecular formula is C14H20BrNOS. The normalized spacial score (nSPS) is 19.9. The number of hydrogen-bond acceptors (Lipinski definition) is 2. The lowest BCUT2D eigenvalue weighted by atomic mass is 10.0. The molecule has 0 heterocycles. The summed E-state index contributed by atoms with van der Waals surface area (Å²) in [6, 6.07) is 8.20. The van der Waals surface area contributed by atoms with Crippen LogP contribution in [0.1, 0.15) is 25.7 Å². The van der Waals surface area contributed by atoms with E-state index in [0.717, 1.165) is 15.1 Å². The summed E-state index contributed by atoms with van der Waals surface area (Å²) < 4.78 is 13.4. The predicted octanol–water partition coefficient (Wildman–Crippen LogP) is 3.33. The minimum absolute atomic E-state index is 0.382. The van der Waals surface area contributed by atoms with Crippen LogP contribution in [0.5, 0.6) is 0 Å². The Balaban J connectivity index is 2.00. The molecule has 1 saturated carbocycles. The Morgan fingerprint density at radius 2 is 2.17 bits per heavy atom. The van der Waals surface area contributed by atoms with E-state index in [-0.39, 0.29) is 0 Å². The van der Waals surface area contributed by atoms with Gasteiger partial charge < -0.3 is 5.32 Å². The maximum Gasteiger partial charge on any atom is 0.0545 e. The first-order valence-electron chi connectivity index (χ1n) is 6.52. The van der Waals surface area contributed by atoms with Crippen LogP contribution >= 0.6 is 15.9 Å². The first kappa shape index (κ1) is 14.2. The number of halogens is 1. The van der Waals surface area contributed by atoms with Crippen molar-refractivity contribution in [2.75, 3.05) is 12.8 Å². The lowest BCUT2D eigenvalue weighted by molar-refractivity contribution is 0.408. The molecule has 0 aromatic heterocycles. The molecule has 0 radical (unpaired) electrons. The fourth-order valence-corrected chi connectivity index (χ4v) is 4.68.